The van der Waals surface area contributed by atoms with E-state index in [1.807, 2.05) is 6.07 Å². The normalized spacial score (nSPS) is 20.7. The van der Waals surface area contributed by atoms with E-state index >= 15 is 0 Å². The second-order valence-electron chi connectivity index (χ2n) is 6.59. The third-order valence-corrected chi connectivity index (χ3v) is 4.98. The summed E-state index contributed by atoms with van der Waals surface area (Å²) in [5.41, 5.74) is 7.14. The number of hydrogen-bond acceptors (Lipinski definition) is 3. The lowest BCUT2D eigenvalue weighted by Gasteiger charge is -2.30. The molecule has 25 heavy (non-hydrogen) atoms. The number of aliphatic imine (C=N–C) groups is 1. The van der Waals surface area contributed by atoms with E-state index in [-0.39, 0.29) is 12.2 Å². The van der Waals surface area contributed by atoms with Crippen LogP contribution in [0.2, 0.25) is 0 Å². The first-order valence-corrected chi connectivity index (χ1v) is 8.72. The van der Waals surface area contributed by atoms with Crippen LogP contribution in [0.25, 0.3) is 0 Å². The molecule has 3 nitrogen and oxygen atoms in total. The first-order chi connectivity index (χ1) is 12.4. The van der Waals surface area contributed by atoms with Crippen LogP contribution in [0.5, 0.6) is 0 Å². The number of para-hydroxylation sites is 2. The van der Waals surface area contributed by atoms with Crippen molar-refractivity contribution < 1.29 is 0 Å². The van der Waals surface area contributed by atoms with Gasteiger partial charge in [0, 0.05) is 22.5 Å². The smallest absolute Gasteiger partial charge is 0.140 e. The topological polar surface area (TPSA) is 36.4 Å². The van der Waals surface area contributed by atoms with Crippen molar-refractivity contribution in [3.8, 4) is 0 Å². The van der Waals surface area contributed by atoms with Gasteiger partial charge in [0.15, 0.2) is 0 Å². The Bertz CT molecular complexity index is 921. The van der Waals surface area contributed by atoms with Crippen molar-refractivity contribution in [3.05, 3.63) is 95.6 Å². The Kier molecular flexibility index (Phi) is 3.30. The fourth-order valence-corrected chi connectivity index (χ4v) is 3.75. The molecule has 0 bridgehead atoms. The van der Waals surface area contributed by atoms with E-state index in [1.54, 1.807) is 0 Å². The third-order valence-electron chi connectivity index (χ3n) is 4.98. The highest BCUT2D eigenvalue weighted by Gasteiger charge is 2.31. The summed E-state index contributed by atoms with van der Waals surface area (Å²) in [6.07, 6.45) is 0.999. The molecule has 2 N–H and O–H groups in total. The minimum atomic E-state index is 0.0116. The average Bonchev–Trinajstić information content (AvgIpc) is 3.12. The van der Waals surface area contributed by atoms with Gasteiger partial charge in [0.2, 0.25) is 0 Å². The summed E-state index contributed by atoms with van der Waals surface area (Å²) < 4.78 is 0. The van der Waals surface area contributed by atoms with E-state index in [0.29, 0.717) is 0 Å². The molecule has 3 heteroatoms. The molecule has 2 heterocycles. The molecule has 2 aliphatic rings. The molecule has 0 fully saturated rings. The first-order valence-electron chi connectivity index (χ1n) is 8.72. The van der Waals surface area contributed by atoms with Gasteiger partial charge >= 0.3 is 0 Å². The van der Waals surface area contributed by atoms with Gasteiger partial charge in [-0.25, -0.2) is 0 Å². The van der Waals surface area contributed by atoms with E-state index < -0.39 is 0 Å². The second kappa shape index (κ2) is 5.78. The Morgan fingerprint density at radius 1 is 0.720 bits per heavy atom. The zero-order valence-electron chi connectivity index (χ0n) is 13.8. The Hall–Kier alpha value is -3.07. The standard InChI is InChI=1S/C22H19N3/c1-2-8-15(9-3-1)21-17-11-5-7-13-19(17)24-22(25-21)20-14-16-10-4-6-12-18(16)23-20/h1-13,20,22-24H,14H2. The summed E-state index contributed by atoms with van der Waals surface area (Å²) >= 11 is 0. The Labute approximate surface area is 147 Å². The molecule has 5 rings (SSSR count). The van der Waals surface area contributed by atoms with Gasteiger partial charge < -0.3 is 10.6 Å². The Balaban J connectivity index is 1.55. The van der Waals surface area contributed by atoms with Crippen molar-refractivity contribution in [2.24, 2.45) is 4.99 Å². The van der Waals surface area contributed by atoms with Gasteiger partial charge in [-0.1, -0.05) is 66.7 Å². The molecular formula is C22H19N3. The lowest BCUT2D eigenvalue weighted by Crippen LogP contribution is -2.40. The predicted molar refractivity (Wildman–Crippen MR) is 103 cm³/mol. The van der Waals surface area contributed by atoms with E-state index in [2.05, 4.69) is 83.4 Å². The van der Waals surface area contributed by atoms with Crippen LogP contribution >= 0.6 is 0 Å². The summed E-state index contributed by atoms with van der Waals surface area (Å²) in [5.74, 6) is 0. The molecule has 122 valence electrons. The molecule has 2 atom stereocenters. The number of rotatable bonds is 2. The molecule has 3 aromatic carbocycles. The minimum Gasteiger partial charge on any atom is -0.378 e. The molecule has 0 amide bonds. The summed E-state index contributed by atoms with van der Waals surface area (Å²) in [5, 5.41) is 7.26. The van der Waals surface area contributed by atoms with E-state index in [4.69, 9.17) is 4.99 Å². The summed E-state index contributed by atoms with van der Waals surface area (Å²) in [6, 6.07) is 27.7. The van der Waals surface area contributed by atoms with Gasteiger partial charge in [-0.3, -0.25) is 4.99 Å². The fraction of sp³-hybridized carbons (Fsp3) is 0.136. The van der Waals surface area contributed by atoms with Crippen LogP contribution in [0, 0.1) is 0 Å². The summed E-state index contributed by atoms with van der Waals surface area (Å²) in [4.78, 5) is 5.10. The number of nitrogens with one attached hydrogen (secondary N) is 2. The molecule has 0 saturated carbocycles. The van der Waals surface area contributed by atoms with Crippen LogP contribution in [-0.4, -0.2) is 17.9 Å². The van der Waals surface area contributed by atoms with Crippen molar-refractivity contribution in [2.45, 2.75) is 18.6 Å². The van der Waals surface area contributed by atoms with Crippen molar-refractivity contribution in [3.63, 3.8) is 0 Å². The van der Waals surface area contributed by atoms with Gasteiger partial charge in [0.1, 0.15) is 6.17 Å². The molecule has 0 saturated heterocycles. The number of nitrogens with zero attached hydrogens (tertiary/aromatic N) is 1. The van der Waals surface area contributed by atoms with Crippen LogP contribution in [-0.2, 0) is 6.42 Å². The Morgan fingerprint density at radius 2 is 1.44 bits per heavy atom. The maximum atomic E-state index is 5.10. The lowest BCUT2D eigenvalue weighted by molar-refractivity contribution is 0.623. The number of fused-ring (bicyclic) bond motifs is 2. The molecule has 0 aliphatic carbocycles. The lowest BCUT2D eigenvalue weighted by atomic mass is 9.97. The molecule has 2 aliphatic heterocycles. The Morgan fingerprint density at radius 3 is 2.28 bits per heavy atom. The second-order valence-corrected chi connectivity index (χ2v) is 6.59. The molecule has 0 spiro atoms. The number of benzene rings is 3. The maximum Gasteiger partial charge on any atom is 0.140 e. The van der Waals surface area contributed by atoms with Gasteiger partial charge in [-0.2, -0.15) is 0 Å². The largest absolute Gasteiger partial charge is 0.378 e. The van der Waals surface area contributed by atoms with Crippen LogP contribution < -0.4 is 10.6 Å². The van der Waals surface area contributed by atoms with E-state index in [0.717, 1.165) is 23.4 Å². The minimum absolute atomic E-state index is 0.0116. The van der Waals surface area contributed by atoms with E-state index in [1.165, 1.54) is 16.8 Å². The SMILES string of the molecule is c1ccc(C2=NC(C3Cc4ccccc4N3)Nc3ccccc32)cc1. The van der Waals surface area contributed by atoms with Gasteiger partial charge in [-0.15, -0.1) is 0 Å². The fourth-order valence-electron chi connectivity index (χ4n) is 3.75. The molecule has 2 unspecified atom stereocenters. The highest BCUT2D eigenvalue weighted by Crippen LogP contribution is 2.32. The number of hydrogen-bond donors (Lipinski definition) is 2. The van der Waals surface area contributed by atoms with Crippen LogP contribution in [0.3, 0.4) is 0 Å². The maximum absolute atomic E-state index is 5.10. The highest BCUT2D eigenvalue weighted by atomic mass is 15.2. The van der Waals surface area contributed by atoms with Crippen LogP contribution in [0.4, 0.5) is 11.4 Å². The third kappa shape index (κ3) is 2.49. The van der Waals surface area contributed by atoms with Crippen molar-refractivity contribution in [1.82, 2.24) is 0 Å². The van der Waals surface area contributed by atoms with Crippen molar-refractivity contribution >= 4 is 17.1 Å². The average molecular weight is 325 g/mol. The predicted octanol–water partition coefficient (Wildman–Crippen LogP) is 4.31. The van der Waals surface area contributed by atoms with Gasteiger partial charge in [0.25, 0.3) is 0 Å². The zero-order valence-corrected chi connectivity index (χ0v) is 13.8. The zero-order chi connectivity index (χ0) is 16.6. The van der Waals surface area contributed by atoms with Gasteiger partial charge in [0.05, 0.1) is 11.8 Å². The quantitative estimate of drug-likeness (QED) is 0.736. The number of anilines is 2. The molecule has 0 aromatic heterocycles. The summed E-state index contributed by atoms with van der Waals surface area (Å²) in [6.45, 7) is 0. The first kappa shape index (κ1) is 14.3. The summed E-state index contributed by atoms with van der Waals surface area (Å²) in [7, 11) is 0. The highest BCUT2D eigenvalue weighted by molar-refractivity contribution is 6.16. The van der Waals surface area contributed by atoms with Crippen molar-refractivity contribution in [1.29, 1.82) is 0 Å². The van der Waals surface area contributed by atoms with Crippen LogP contribution in [0.1, 0.15) is 16.7 Å². The molecule has 0 radical (unpaired) electrons. The monoisotopic (exact) mass is 325 g/mol. The molecule has 3 aromatic rings. The van der Waals surface area contributed by atoms with E-state index in [9.17, 15) is 0 Å². The van der Waals surface area contributed by atoms with Crippen LogP contribution in [0.15, 0.2) is 83.9 Å². The molecular weight excluding hydrogens is 306 g/mol. The van der Waals surface area contributed by atoms with Gasteiger partial charge in [-0.05, 0) is 24.1 Å². The van der Waals surface area contributed by atoms with Crippen molar-refractivity contribution in [2.75, 3.05) is 10.6 Å².